The summed E-state index contributed by atoms with van der Waals surface area (Å²) in [4.78, 5) is 25.2. The lowest BCUT2D eigenvalue weighted by atomic mass is 10.1. The molecule has 1 aromatic carbocycles. The molecular formula is C13H15ClN2O2. The van der Waals surface area contributed by atoms with E-state index in [-0.39, 0.29) is 11.8 Å². The summed E-state index contributed by atoms with van der Waals surface area (Å²) in [5.41, 5.74) is 1.51. The fraction of sp³-hybridized carbons (Fsp3) is 0.385. The number of alkyl halides is 1. The van der Waals surface area contributed by atoms with Gasteiger partial charge in [0.1, 0.15) is 6.04 Å². The zero-order valence-corrected chi connectivity index (χ0v) is 10.9. The number of likely N-dealkylation sites (tertiary alicyclic amines) is 1. The molecule has 1 unspecified atom stereocenters. The van der Waals surface area contributed by atoms with Crippen LogP contribution in [0.4, 0.5) is 0 Å². The van der Waals surface area contributed by atoms with Crippen LogP contribution in [-0.2, 0) is 10.7 Å². The van der Waals surface area contributed by atoms with E-state index in [9.17, 15) is 9.59 Å². The minimum Gasteiger partial charge on any atom is -0.344 e. The minimum absolute atomic E-state index is 0.0271. The normalized spacial score (nSPS) is 19.1. The molecule has 2 rings (SSSR count). The zero-order valence-electron chi connectivity index (χ0n) is 10.1. The van der Waals surface area contributed by atoms with E-state index in [4.69, 9.17) is 11.6 Å². The number of nitrogens with one attached hydrogen (secondary N) is 1. The molecule has 1 N–H and O–H groups in total. The van der Waals surface area contributed by atoms with Crippen LogP contribution in [0.3, 0.4) is 0 Å². The molecule has 2 amide bonds. The number of nitrogens with zero attached hydrogens (tertiary/aromatic N) is 1. The smallest absolute Gasteiger partial charge is 0.251 e. The van der Waals surface area contributed by atoms with Crippen LogP contribution in [0, 0.1) is 0 Å². The molecule has 1 aliphatic rings. The second kappa shape index (κ2) is 5.40. The Kier molecular flexibility index (Phi) is 3.87. The van der Waals surface area contributed by atoms with E-state index in [1.54, 1.807) is 24.1 Å². The van der Waals surface area contributed by atoms with Crippen molar-refractivity contribution in [1.29, 1.82) is 0 Å². The molecule has 0 radical (unpaired) electrons. The number of hydrogen-bond acceptors (Lipinski definition) is 2. The van der Waals surface area contributed by atoms with Crippen LogP contribution < -0.4 is 5.32 Å². The maximum Gasteiger partial charge on any atom is 0.251 e. The molecule has 0 saturated carbocycles. The lowest BCUT2D eigenvalue weighted by Crippen LogP contribution is -2.40. The Morgan fingerprint density at radius 2 is 2.11 bits per heavy atom. The predicted molar refractivity (Wildman–Crippen MR) is 69.5 cm³/mol. The molecule has 1 fully saturated rings. The van der Waals surface area contributed by atoms with Crippen LogP contribution in [0.1, 0.15) is 22.3 Å². The van der Waals surface area contributed by atoms with Crippen LogP contribution in [0.25, 0.3) is 0 Å². The summed E-state index contributed by atoms with van der Waals surface area (Å²) in [5.74, 6) is 0.180. The Balaban J connectivity index is 2.01. The Labute approximate surface area is 111 Å². The fourth-order valence-corrected chi connectivity index (χ4v) is 2.12. The molecule has 0 aromatic heterocycles. The Bertz CT molecular complexity index is 459. The highest BCUT2D eigenvalue weighted by Gasteiger charge is 2.30. The van der Waals surface area contributed by atoms with Crippen LogP contribution in [0.2, 0.25) is 0 Å². The third-order valence-corrected chi connectivity index (χ3v) is 3.41. The standard InChI is InChI=1S/C13H15ClN2O2/c1-16-7-6-11(13(16)18)15-12(17)10-4-2-9(8-14)3-5-10/h2-5,11H,6-8H2,1H3,(H,15,17). The van der Waals surface area contributed by atoms with Gasteiger partial charge >= 0.3 is 0 Å². The average molecular weight is 267 g/mol. The van der Waals surface area contributed by atoms with Crippen molar-refractivity contribution in [2.75, 3.05) is 13.6 Å². The molecule has 96 valence electrons. The summed E-state index contributed by atoms with van der Waals surface area (Å²) in [6.45, 7) is 0.689. The van der Waals surface area contributed by atoms with Crippen LogP contribution in [-0.4, -0.2) is 36.3 Å². The first kappa shape index (κ1) is 12.9. The molecule has 1 atom stereocenters. The van der Waals surface area contributed by atoms with E-state index in [1.165, 1.54) is 0 Å². The van der Waals surface area contributed by atoms with Crippen molar-refractivity contribution in [3.8, 4) is 0 Å². The van der Waals surface area contributed by atoms with Gasteiger partial charge in [-0.1, -0.05) is 12.1 Å². The summed E-state index contributed by atoms with van der Waals surface area (Å²) in [6, 6.07) is 6.66. The maximum atomic E-state index is 11.9. The highest BCUT2D eigenvalue weighted by molar-refractivity contribution is 6.17. The number of benzene rings is 1. The second-order valence-corrected chi connectivity index (χ2v) is 4.67. The number of amides is 2. The van der Waals surface area contributed by atoms with E-state index in [0.717, 1.165) is 5.56 Å². The van der Waals surface area contributed by atoms with Crippen molar-refractivity contribution in [3.05, 3.63) is 35.4 Å². The Morgan fingerprint density at radius 3 is 2.61 bits per heavy atom. The van der Waals surface area contributed by atoms with Gasteiger partial charge < -0.3 is 10.2 Å². The molecule has 18 heavy (non-hydrogen) atoms. The predicted octanol–water partition coefficient (Wildman–Crippen LogP) is 1.39. The van der Waals surface area contributed by atoms with Gasteiger partial charge in [0.15, 0.2) is 0 Å². The second-order valence-electron chi connectivity index (χ2n) is 4.41. The van der Waals surface area contributed by atoms with Gasteiger partial charge in [0.2, 0.25) is 5.91 Å². The largest absolute Gasteiger partial charge is 0.344 e. The number of carbonyl (C=O) groups is 2. The van der Waals surface area contributed by atoms with Crippen molar-refractivity contribution in [3.63, 3.8) is 0 Å². The maximum absolute atomic E-state index is 11.9. The molecule has 5 heteroatoms. The lowest BCUT2D eigenvalue weighted by molar-refractivity contribution is -0.128. The first-order chi connectivity index (χ1) is 8.61. The lowest BCUT2D eigenvalue weighted by Gasteiger charge is -2.12. The van der Waals surface area contributed by atoms with Crippen LogP contribution in [0.15, 0.2) is 24.3 Å². The SMILES string of the molecule is CN1CCC(NC(=O)c2ccc(CCl)cc2)C1=O. The summed E-state index contributed by atoms with van der Waals surface area (Å²) in [6.07, 6.45) is 0.667. The zero-order chi connectivity index (χ0) is 13.1. The van der Waals surface area contributed by atoms with Gasteiger partial charge in [0.25, 0.3) is 5.91 Å². The average Bonchev–Trinajstić information content (AvgIpc) is 2.71. The minimum atomic E-state index is -0.393. The van der Waals surface area contributed by atoms with Gasteiger partial charge in [0, 0.05) is 25.0 Å². The summed E-state index contributed by atoms with van der Waals surface area (Å²) < 4.78 is 0. The van der Waals surface area contributed by atoms with Gasteiger partial charge in [-0.3, -0.25) is 9.59 Å². The van der Waals surface area contributed by atoms with E-state index in [0.29, 0.717) is 24.4 Å². The number of carbonyl (C=O) groups excluding carboxylic acids is 2. The monoisotopic (exact) mass is 266 g/mol. The first-order valence-corrected chi connectivity index (χ1v) is 6.36. The molecule has 1 heterocycles. The molecule has 1 aliphatic heterocycles. The quantitative estimate of drug-likeness (QED) is 0.841. The van der Waals surface area contributed by atoms with Gasteiger partial charge in [-0.05, 0) is 24.1 Å². The van der Waals surface area contributed by atoms with Crippen LogP contribution in [0.5, 0.6) is 0 Å². The molecular weight excluding hydrogens is 252 g/mol. The highest BCUT2D eigenvalue weighted by atomic mass is 35.5. The molecule has 4 nitrogen and oxygen atoms in total. The molecule has 0 aliphatic carbocycles. The molecule has 0 bridgehead atoms. The van der Waals surface area contributed by atoms with Crippen molar-refractivity contribution < 1.29 is 9.59 Å². The molecule has 1 saturated heterocycles. The van der Waals surface area contributed by atoms with Crippen molar-refractivity contribution in [2.45, 2.75) is 18.3 Å². The summed E-state index contributed by atoms with van der Waals surface area (Å²) >= 11 is 5.68. The van der Waals surface area contributed by atoms with Gasteiger partial charge in [-0.25, -0.2) is 0 Å². The van der Waals surface area contributed by atoms with E-state index >= 15 is 0 Å². The van der Waals surface area contributed by atoms with E-state index < -0.39 is 6.04 Å². The number of halogens is 1. The van der Waals surface area contributed by atoms with Gasteiger partial charge in [-0.15, -0.1) is 11.6 Å². The van der Waals surface area contributed by atoms with Crippen LogP contribution >= 0.6 is 11.6 Å². The van der Waals surface area contributed by atoms with Crippen molar-refractivity contribution >= 4 is 23.4 Å². The van der Waals surface area contributed by atoms with Crippen molar-refractivity contribution in [1.82, 2.24) is 10.2 Å². The fourth-order valence-electron chi connectivity index (χ4n) is 1.94. The Morgan fingerprint density at radius 1 is 1.44 bits per heavy atom. The van der Waals surface area contributed by atoms with E-state index in [1.807, 2.05) is 12.1 Å². The number of likely N-dealkylation sites (N-methyl/N-ethyl adjacent to an activating group) is 1. The van der Waals surface area contributed by atoms with Gasteiger partial charge in [0.05, 0.1) is 0 Å². The summed E-state index contributed by atoms with van der Waals surface area (Å²) in [5, 5.41) is 2.75. The van der Waals surface area contributed by atoms with Crippen molar-refractivity contribution in [2.24, 2.45) is 0 Å². The highest BCUT2D eigenvalue weighted by Crippen LogP contribution is 2.11. The third kappa shape index (κ3) is 2.64. The number of hydrogen-bond donors (Lipinski definition) is 1. The number of rotatable bonds is 3. The third-order valence-electron chi connectivity index (χ3n) is 3.10. The summed E-state index contributed by atoms with van der Waals surface area (Å²) in [7, 11) is 1.74. The van der Waals surface area contributed by atoms with Gasteiger partial charge in [-0.2, -0.15) is 0 Å². The van der Waals surface area contributed by atoms with E-state index in [2.05, 4.69) is 5.32 Å². The molecule has 0 spiro atoms. The topological polar surface area (TPSA) is 49.4 Å². The first-order valence-electron chi connectivity index (χ1n) is 5.82. The molecule has 1 aromatic rings. The Hall–Kier alpha value is -1.55.